The summed E-state index contributed by atoms with van der Waals surface area (Å²) in [7, 11) is -3.25. The smallest absolute Gasteiger partial charge is 0.227 e. The fourth-order valence-electron chi connectivity index (χ4n) is 3.38. The fourth-order valence-corrected chi connectivity index (χ4v) is 4.18. The number of carbonyl (C=O) groups is 1. The minimum absolute atomic E-state index is 0.0373. The predicted molar refractivity (Wildman–Crippen MR) is 97.8 cm³/mol. The van der Waals surface area contributed by atoms with E-state index in [0.717, 1.165) is 42.6 Å². The van der Waals surface area contributed by atoms with Crippen LogP contribution in [0, 0.1) is 19.8 Å². The quantitative estimate of drug-likeness (QED) is 0.816. The highest BCUT2D eigenvalue weighted by Crippen LogP contribution is 2.18. The first-order valence-electron chi connectivity index (χ1n) is 8.84. The van der Waals surface area contributed by atoms with Crippen LogP contribution < -0.4 is 4.72 Å². The van der Waals surface area contributed by atoms with Crippen molar-refractivity contribution in [3.63, 3.8) is 0 Å². The molecule has 1 aliphatic heterocycles. The Kier molecular flexibility index (Phi) is 6.26. The molecule has 0 bridgehead atoms. The van der Waals surface area contributed by atoms with Gasteiger partial charge in [-0.1, -0.05) is 13.8 Å². The molecule has 0 radical (unpaired) electrons. The number of likely N-dealkylation sites (tertiary alicyclic amines) is 1. The Morgan fingerprint density at radius 3 is 2.64 bits per heavy atom. The summed E-state index contributed by atoms with van der Waals surface area (Å²) in [6, 6.07) is -0.196. The molecule has 2 rings (SSSR count). The number of carbonyl (C=O) groups excluding carboxylic acids is 1. The normalized spacial score (nSPS) is 18.8. The number of hydrogen-bond donors (Lipinski definition) is 1. The zero-order chi connectivity index (χ0) is 18.8. The van der Waals surface area contributed by atoms with E-state index in [1.165, 1.54) is 0 Å². The summed E-state index contributed by atoms with van der Waals surface area (Å²) in [6.45, 7) is 10.2. The number of aromatic nitrogens is 2. The van der Waals surface area contributed by atoms with Crippen LogP contribution >= 0.6 is 0 Å². The van der Waals surface area contributed by atoms with E-state index in [1.807, 2.05) is 18.5 Å². The molecule has 0 spiro atoms. The molecule has 1 aliphatic rings. The highest BCUT2D eigenvalue weighted by Gasteiger charge is 2.26. The second-order valence-electron chi connectivity index (χ2n) is 7.47. The van der Waals surface area contributed by atoms with Gasteiger partial charge in [-0.3, -0.25) is 9.48 Å². The number of nitrogens with zero attached hydrogens (tertiary/aromatic N) is 3. The molecule has 1 unspecified atom stereocenters. The van der Waals surface area contributed by atoms with Gasteiger partial charge < -0.3 is 4.90 Å². The van der Waals surface area contributed by atoms with Crippen molar-refractivity contribution in [3.8, 4) is 0 Å². The third kappa shape index (κ3) is 5.54. The number of rotatable bonds is 6. The Hall–Kier alpha value is -1.41. The van der Waals surface area contributed by atoms with Crippen molar-refractivity contribution in [2.24, 2.45) is 5.92 Å². The van der Waals surface area contributed by atoms with E-state index in [-0.39, 0.29) is 11.9 Å². The number of sulfonamides is 1. The molecule has 1 amide bonds. The Bertz CT molecular complexity index is 724. The lowest BCUT2D eigenvalue weighted by molar-refractivity contribution is -0.131. The summed E-state index contributed by atoms with van der Waals surface area (Å²) in [5, 5.41) is 4.57. The van der Waals surface area contributed by atoms with E-state index in [9.17, 15) is 13.2 Å². The molecule has 1 aromatic heterocycles. The van der Waals surface area contributed by atoms with Crippen LogP contribution in [0.5, 0.6) is 0 Å². The van der Waals surface area contributed by atoms with Gasteiger partial charge in [0.2, 0.25) is 15.9 Å². The van der Waals surface area contributed by atoms with Gasteiger partial charge in [0, 0.05) is 36.9 Å². The minimum Gasteiger partial charge on any atom is -0.341 e. The molecule has 25 heavy (non-hydrogen) atoms. The lowest BCUT2D eigenvalue weighted by Crippen LogP contribution is -2.49. The molecule has 142 valence electrons. The summed E-state index contributed by atoms with van der Waals surface area (Å²) in [5.74, 6) is 0.529. The van der Waals surface area contributed by atoms with E-state index in [4.69, 9.17) is 0 Å². The third-order valence-electron chi connectivity index (χ3n) is 4.55. The first-order valence-corrected chi connectivity index (χ1v) is 10.7. The molecular weight excluding hydrogens is 340 g/mol. The maximum absolute atomic E-state index is 12.7. The van der Waals surface area contributed by atoms with Crippen molar-refractivity contribution < 1.29 is 13.2 Å². The van der Waals surface area contributed by atoms with Crippen LogP contribution in [0.25, 0.3) is 0 Å². The lowest BCUT2D eigenvalue weighted by Gasteiger charge is -2.32. The summed E-state index contributed by atoms with van der Waals surface area (Å²) < 4.78 is 27.4. The highest BCUT2D eigenvalue weighted by atomic mass is 32.2. The zero-order valence-electron chi connectivity index (χ0n) is 15.9. The van der Waals surface area contributed by atoms with Crippen LogP contribution in [0.4, 0.5) is 0 Å². The molecule has 7 nitrogen and oxygen atoms in total. The van der Waals surface area contributed by atoms with Crippen LogP contribution in [-0.2, 0) is 27.8 Å². The number of aryl methyl sites for hydroxylation is 1. The van der Waals surface area contributed by atoms with Crippen LogP contribution in [0.2, 0.25) is 0 Å². The lowest BCUT2D eigenvalue weighted by atomic mass is 10.0. The van der Waals surface area contributed by atoms with Crippen molar-refractivity contribution in [1.29, 1.82) is 0 Å². The average Bonchev–Trinajstić information content (AvgIpc) is 2.72. The largest absolute Gasteiger partial charge is 0.341 e. The molecular formula is C17H30N4O3S. The monoisotopic (exact) mass is 370 g/mol. The standard InChI is InChI=1S/C17H30N4O3S/c1-12(2)10-21-14(4)16(13(3)18-21)9-17(22)20-8-6-7-15(11-20)19-25(5,23)24/h12,15,19H,6-11H2,1-5H3. The van der Waals surface area contributed by atoms with E-state index in [1.54, 1.807) is 4.90 Å². The van der Waals surface area contributed by atoms with Crippen molar-refractivity contribution in [1.82, 2.24) is 19.4 Å². The Labute approximate surface area is 150 Å². The Balaban J connectivity index is 2.05. The van der Waals surface area contributed by atoms with Gasteiger partial charge in [-0.05, 0) is 32.6 Å². The van der Waals surface area contributed by atoms with E-state index in [2.05, 4.69) is 23.7 Å². The second kappa shape index (κ2) is 7.86. The molecule has 8 heteroatoms. The van der Waals surface area contributed by atoms with Crippen molar-refractivity contribution in [3.05, 3.63) is 17.0 Å². The maximum Gasteiger partial charge on any atom is 0.227 e. The SMILES string of the molecule is Cc1nn(CC(C)C)c(C)c1CC(=O)N1CCCC(NS(C)(=O)=O)C1. The van der Waals surface area contributed by atoms with Crippen molar-refractivity contribution >= 4 is 15.9 Å². The molecule has 0 aliphatic carbocycles. The number of piperidine rings is 1. The van der Waals surface area contributed by atoms with Gasteiger partial charge in [-0.2, -0.15) is 5.10 Å². The number of hydrogen-bond acceptors (Lipinski definition) is 4. The minimum atomic E-state index is -3.25. The van der Waals surface area contributed by atoms with Gasteiger partial charge >= 0.3 is 0 Å². The molecule has 1 saturated heterocycles. The summed E-state index contributed by atoms with van der Waals surface area (Å²) in [4.78, 5) is 14.5. The Morgan fingerprint density at radius 1 is 1.36 bits per heavy atom. The summed E-state index contributed by atoms with van der Waals surface area (Å²) >= 11 is 0. The topological polar surface area (TPSA) is 84.3 Å². The second-order valence-corrected chi connectivity index (χ2v) is 9.25. The highest BCUT2D eigenvalue weighted by molar-refractivity contribution is 7.88. The van der Waals surface area contributed by atoms with Crippen LogP contribution in [-0.4, -0.2) is 54.4 Å². The first-order chi connectivity index (χ1) is 11.6. The molecule has 1 aromatic rings. The molecule has 1 atom stereocenters. The van der Waals surface area contributed by atoms with E-state index < -0.39 is 10.0 Å². The summed E-state index contributed by atoms with van der Waals surface area (Å²) in [5.41, 5.74) is 2.93. The van der Waals surface area contributed by atoms with Crippen LogP contribution in [0.3, 0.4) is 0 Å². The summed E-state index contributed by atoms with van der Waals surface area (Å²) in [6.07, 6.45) is 3.05. The van der Waals surface area contributed by atoms with E-state index in [0.29, 0.717) is 25.4 Å². The van der Waals surface area contributed by atoms with Crippen LogP contribution in [0.15, 0.2) is 0 Å². The number of amides is 1. The van der Waals surface area contributed by atoms with E-state index >= 15 is 0 Å². The molecule has 2 heterocycles. The fraction of sp³-hybridized carbons (Fsp3) is 0.765. The molecule has 1 N–H and O–H groups in total. The van der Waals surface area contributed by atoms with Crippen LogP contribution in [0.1, 0.15) is 43.6 Å². The van der Waals surface area contributed by atoms with Gasteiger partial charge in [0.1, 0.15) is 0 Å². The first kappa shape index (κ1) is 19.9. The molecule has 0 aromatic carbocycles. The number of nitrogens with one attached hydrogen (secondary N) is 1. The van der Waals surface area contributed by atoms with Crippen molar-refractivity contribution in [2.75, 3.05) is 19.3 Å². The predicted octanol–water partition coefficient (Wildman–Crippen LogP) is 1.24. The molecule has 1 fully saturated rings. The van der Waals surface area contributed by atoms with Gasteiger partial charge in [0.25, 0.3) is 0 Å². The van der Waals surface area contributed by atoms with Gasteiger partial charge in [-0.25, -0.2) is 13.1 Å². The molecule has 0 saturated carbocycles. The maximum atomic E-state index is 12.7. The van der Waals surface area contributed by atoms with Gasteiger partial charge in [0.05, 0.1) is 18.4 Å². The Morgan fingerprint density at radius 2 is 2.04 bits per heavy atom. The average molecular weight is 371 g/mol. The van der Waals surface area contributed by atoms with Gasteiger partial charge in [-0.15, -0.1) is 0 Å². The third-order valence-corrected chi connectivity index (χ3v) is 5.31. The van der Waals surface area contributed by atoms with Gasteiger partial charge in [0.15, 0.2) is 0 Å². The van der Waals surface area contributed by atoms with Crippen molar-refractivity contribution in [2.45, 2.75) is 59.5 Å². The zero-order valence-corrected chi connectivity index (χ0v) is 16.7.